The molecule has 0 saturated carbocycles. The molecular weight excluding hydrogens is 404 g/mol. The highest BCUT2D eigenvalue weighted by Gasteiger charge is 2.47. The monoisotopic (exact) mass is 422 g/mol. The van der Waals surface area contributed by atoms with Gasteiger partial charge < -0.3 is 5.32 Å². The molecule has 3 rings (SSSR count). The lowest BCUT2D eigenvalue weighted by molar-refractivity contribution is -0.144. The molecule has 2 aromatic rings. The van der Waals surface area contributed by atoms with Crippen molar-refractivity contribution in [3.05, 3.63) is 60.2 Å². The molecule has 0 bridgehead atoms. The second-order valence-corrected chi connectivity index (χ2v) is 7.44. The fourth-order valence-electron chi connectivity index (χ4n) is 3.02. The molecule has 1 N–H and O–H groups in total. The molecule has 152 valence electrons. The number of hydrogen-bond acceptors (Lipinski definition) is 6. The molecule has 1 fully saturated rings. The molecule has 0 aromatic heterocycles. The standard InChI is InChI=1S/C21H18N4O4S/c1-14(15-7-3-2-4-8-15)25-20(28)19(27)24(21(25)29)13-18(26)23-16-9-5-6-10-17(16)30-12-11-22/h2-10,14H,12-13H2,1H3,(H,23,26). The first-order valence-corrected chi connectivity index (χ1v) is 10.0. The van der Waals surface area contributed by atoms with Crippen molar-refractivity contribution in [3.8, 4) is 6.07 Å². The Labute approximate surface area is 177 Å². The predicted molar refractivity (Wildman–Crippen MR) is 110 cm³/mol. The molecule has 9 heteroatoms. The number of urea groups is 1. The van der Waals surface area contributed by atoms with Crippen molar-refractivity contribution in [1.82, 2.24) is 9.80 Å². The zero-order valence-electron chi connectivity index (χ0n) is 16.1. The van der Waals surface area contributed by atoms with Gasteiger partial charge in [0.15, 0.2) is 0 Å². The highest BCUT2D eigenvalue weighted by atomic mass is 32.2. The Morgan fingerprint density at radius 1 is 1.07 bits per heavy atom. The minimum atomic E-state index is -1.04. The van der Waals surface area contributed by atoms with E-state index in [4.69, 9.17) is 5.26 Å². The number of rotatable bonds is 7. The summed E-state index contributed by atoms with van der Waals surface area (Å²) in [6.45, 7) is 1.06. The van der Waals surface area contributed by atoms with Crippen molar-refractivity contribution in [2.45, 2.75) is 17.9 Å². The molecule has 0 radical (unpaired) electrons. The first-order valence-electron chi connectivity index (χ1n) is 9.06. The summed E-state index contributed by atoms with van der Waals surface area (Å²) >= 11 is 1.25. The Kier molecular flexibility index (Phi) is 6.49. The third-order valence-corrected chi connectivity index (χ3v) is 5.45. The average Bonchev–Trinajstić information content (AvgIpc) is 2.96. The molecule has 0 aliphatic carbocycles. The van der Waals surface area contributed by atoms with Gasteiger partial charge in [-0.05, 0) is 24.6 Å². The molecule has 30 heavy (non-hydrogen) atoms. The number of amides is 5. The van der Waals surface area contributed by atoms with Gasteiger partial charge in [0.25, 0.3) is 0 Å². The smallest absolute Gasteiger partial charge is 0.324 e. The number of para-hydroxylation sites is 1. The minimum Gasteiger partial charge on any atom is -0.324 e. The van der Waals surface area contributed by atoms with Crippen LogP contribution in [0.5, 0.6) is 0 Å². The molecule has 1 aliphatic rings. The molecule has 1 saturated heterocycles. The van der Waals surface area contributed by atoms with Gasteiger partial charge in [0.05, 0.1) is 23.6 Å². The van der Waals surface area contributed by atoms with Crippen LogP contribution < -0.4 is 5.32 Å². The van der Waals surface area contributed by atoms with Gasteiger partial charge in [-0.15, -0.1) is 11.8 Å². The van der Waals surface area contributed by atoms with Crippen molar-refractivity contribution in [2.24, 2.45) is 0 Å². The number of anilines is 1. The molecule has 0 spiro atoms. The van der Waals surface area contributed by atoms with E-state index in [0.717, 1.165) is 4.90 Å². The lowest BCUT2D eigenvalue weighted by Gasteiger charge is -2.22. The Bertz CT molecular complexity index is 1030. The quantitative estimate of drug-likeness (QED) is 0.417. The minimum absolute atomic E-state index is 0.205. The van der Waals surface area contributed by atoms with E-state index < -0.39 is 36.3 Å². The second-order valence-electron chi connectivity index (χ2n) is 6.43. The van der Waals surface area contributed by atoms with Gasteiger partial charge in [0, 0.05) is 4.90 Å². The van der Waals surface area contributed by atoms with Crippen molar-refractivity contribution >= 4 is 41.2 Å². The van der Waals surface area contributed by atoms with E-state index in [-0.39, 0.29) is 5.75 Å². The molecule has 8 nitrogen and oxygen atoms in total. The highest BCUT2D eigenvalue weighted by Crippen LogP contribution is 2.28. The van der Waals surface area contributed by atoms with Crippen molar-refractivity contribution in [1.29, 1.82) is 5.26 Å². The topological polar surface area (TPSA) is 111 Å². The van der Waals surface area contributed by atoms with Gasteiger partial charge in [-0.1, -0.05) is 42.5 Å². The van der Waals surface area contributed by atoms with Crippen LogP contribution in [0.3, 0.4) is 0 Å². The third kappa shape index (κ3) is 4.34. The summed E-state index contributed by atoms with van der Waals surface area (Å²) in [4.78, 5) is 52.1. The molecule has 5 amide bonds. The van der Waals surface area contributed by atoms with E-state index in [1.807, 2.05) is 6.07 Å². The summed E-state index contributed by atoms with van der Waals surface area (Å²) in [5, 5.41) is 11.4. The molecule has 1 aliphatic heterocycles. The van der Waals surface area contributed by atoms with Crippen molar-refractivity contribution < 1.29 is 19.2 Å². The van der Waals surface area contributed by atoms with Gasteiger partial charge >= 0.3 is 17.8 Å². The van der Waals surface area contributed by atoms with Crippen LogP contribution in [0.2, 0.25) is 0 Å². The normalized spacial score (nSPS) is 14.6. The number of nitriles is 1. The summed E-state index contributed by atoms with van der Waals surface area (Å²) in [7, 11) is 0. The maximum absolute atomic E-state index is 12.7. The maximum atomic E-state index is 12.7. The van der Waals surface area contributed by atoms with Gasteiger partial charge in [-0.3, -0.25) is 14.4 Å². The number of nitrogens with zero attached hydrogens (tertiary/aromatic N) is 3. The average molecular weight is 422 g/mol. The maximum Gasteiger partial charge on any atom is 0.335 e. The number of imide groups is 2. The molecular formula is C21H18N4O4S. The van der Waals surface area contributed by atoms with Gasteiger partial charge in [0.2, 0.25) is 5.91 Å². The molecule has 1 heterocycles. The van der Waals surface area contributed by atoms with Crippen LogP contribution in [-0.4, -0.2) is 45.9 Å². The van der Waals surface area contributed by atoms with E-state index in [2.05, 4.69) is 5.32 Å². The Hall–Kier alpha value is -3.64. The van der Waals surface area contributed by atoms with Crippen LogP contribution in [0, 0.1) is 11.3 Å². The number of nitrogens with one attached hydrogen (secondary N) is 1. The largest absolute Gasteiger partial charge is 0.335 e. The highest BCUT2D eigenvalue weighted by molar-refractivity contribution is 7.99. The Morgan fingerprint density at radius 3 is 2.43 bits per heavy atom. The SMILES string of the molecule is CC(c1ccccc1)N1C(=O)C(=O)N(CC(=O)Nc2ccccc2SCC#N)C1=O. The van der Waals surface area contributed by atoms with E-state index in [9.17, 15) is 19.2 Å². The fourth-order valence-corrected chi connectivity index (χ4v) is 3.69. The summed E-state index contributed by atoms with van der Waals surface area (Å²) in [5.41, 5.74) is 1.16. The van der Waals surface area contributed by atoms with E-state index in [0.29, 0.717) is 21.0 Å². The van der Waals surface area contributed by atoms with Crippen molar-refractivity contribution in [3.63, 3.8) is 0 Å². The Morgan fingerprint density at radius 2 is 1.73 bits per heavy atom. The van der Waals surface area contributed by atoms with Gasteiger partial charge in [0.1, 0.15) is 6.54 Å². The van der Waals surface area contributed by atoms with Gasteiger partial charge in [-0.2, -0.15) is 5.26 Å². The van der Waals surface area contributed by atoms with Crippen LogP contribution in [0.1, 0.15) is 18.5 Å². The van der Waals surface area contributed by atoms with Crippen LogP contribution in [0.4, 0.5) is 10.5 Å². The number of thioether (sulfide) groups is 1. The zero-order chi connectivity index (χ0) is 21.7. The lowest BCUT2D eigenvalue weighted by Crippen LogP contribution is -2.39. The zero-order valence-corrected chi connectivity index (χ0v) is 16.9. The second kappa shape index (κ2) is 9.24. The van der Waals surface area contributed by atoms with Gasteiger partial charge in [-0.25, -0.2) is 14.6 Å². The summed E-state index contributed by atoms with van der Waals surface area (Å²) in [6, 6.07) is 16.3. The summed E-state index contributed by atoms with van der Waals surface area (Å²) in [6.07, 6.45) is 0. The van der Waals surface area contributed by atoms with Crippen LogP contribution in [-0.2, 0) is 14.4 Å². The van der Waals surface area contributed by atoms with E-state index in [1.165, 1.54) is 11.8 Å². The Balaban J connectivity index is 1.72. The van der Waals surface area contributed by atoms with Crippen molar-refractivity contribution in [2.75, 3.05) is 17.6 Å². The summed E-state index contributed by atoms with van der Waals surface area (Å²) in [5.74, 6) is -2.42. The summed E-state index contributed by atoms with van der Waals surface area (Å²) < 4.78 is 0. The fraction of sp³-hybridized carbons (Fsp3) is 0.190. The number of benzene rings is 2. The first-order chi connectivity index (χ1) is 14.4. The molecule has 1 atom stereocenters. The van der Waals surface area contributed by atoms with E-state index in [1.54, 1.807) is 61.5 Å². The van der Waals surface area contributed by atoms with Crippen LogP contribution in [0.25, 0.3) is 0 Å². The number of hydrogen-bond donors (Lipinski definition) is 1. The first kappa shape index (κ1) is 21.1. The van der Waals surface area contributed by atoms with E-state index >= 15 is 0 Å². The number of carbonyl (C=O) groups excluding carboxylic acids is 4. The lowest BCUT2D eigenvalue weighted by atomic mass is 10.1. The molecule has 1 unspecified atom stereocenters. The van der Waals surface area contributed by atoms with Crippen LogP contribution >= 0.6 is 11.8 Å². The third-order valence-electron chi connectivity index (χ3n) is 4.51. The number of carbonyl (C=O) groups is 4. The van der Waals surface area contributed by atoms with Crippen LogP contribution in [0.15, 0.2) is 59.5 Å². The predicted octanol–water partition coefficient (Wildman–Crippen LogP) is 2.79. The molecule has 2 aromatic carbocycles.